The predicted molar refractivity (Wildman–Crippen MR) is 67.5 cm³/mol. The summed E-state index contributed by atoms with van der Waals surface area (Å²) >= 11 is 0. The summed E-state index contributed by atoms with van der Waals surface area (Å²) in [5, 5.41) is 8.89. The minimum atomic E-state index is 0.813. The van der Waals surface area contributed by atoms with Crippen LogP contribution < -0.4 is 5.01 Å². The number of benzene rings is 2. The summed E-state index contributed by atoms with van der Waals surface area (Å²) < 4.78 is 0. The lowest BCUT2D eigenvalue weighted by Crippen LogP contribution is -2.22. The van der Waals surface area contributed by atoms with E-state index in [1.54, 1.807) is 0 Å². The number of rotatable bonds is 1. The standard InChI is InChI=1S/C13H13N3/c1-15-9-14-16(10-15)13-8-4-6-11-5-2-3-7-12(11)13/h2-9H,10H2,1H3. The molecule has 1 heterocycles. The van der Waals surface area contributed by atoms with Crippen molar-refractivity contribution in [2.24, 2.45) is 5.10 Å². The molecular formula is C13H13N3. The largest absolute Gasteiger partial charge is 0.345 e. The van der Waals surface area contributed by atoms with E-state index in [9.17, 15) is 0 Å². The van der Waals surface area contributed by atoms with Crippen LogP contribution in [0.2, 0.25) is 0 Å². The second kappa shape index (κ2) is 3.52. The smallest absolute Gasteiger partial charge is 0.113 e. The van der Waals surface area contributed by atoms with Gasteiger partial charge in [-0.1, -0.05) is 36.4 Å². The summed E-state index contributed by atoms with van der Waals surface area (Å²) in [6.45, 7) is 0.813. The van der Waals surface area contributed by atoms with Gasteiger partial charge in [0.05, 0.1) is 5.69 Å². The van der Waals surface area contributed by atoms with Crippen molar-refractivity contribution in [3.8, 4) is 0 Å². The van der Waals surface area contributed by atoms with E-state index in [0.717, 1.165) is 6.67 Å². The number of hydrogen-bond acceptors (Lipinski definition) is 3. The van der Waals surface area contributed by atoms with Gasteiger partial charge in [0.2, 0.25) is 0 Å². The Labute approximate surface area is 94.6 Å². The highest BCUT2D eigenvalue weighted by atomic mass is 15.6. The van der Waals surface area contributed by atoms with Gasteiger partial charge in [-0.3, -0.25) is 0 Å². The van der Waals surface area contributed by atoms with E-state index in [0.29, 0.717) is 0 Å². The lowest BCUT2D eigenvalue weighted by Gasteiger charge is -2.17. The Hall–Kier alpha value is -2.03. The first-order chi connectivity index (χ1) is 7.84. The molecule has 16 heavy (non-hydrogen) atoms. The molecule has 1 aliphatic rings. The molecule has 0 spiro atoms. The zero-order valence-corrected chi connectivity index (χ0v) is 9.17. The van der Waals surface area contributed by atoms with E-state index in [1.165, 1.54) is 16.5 Å². The zero-order valence-electron chi connectivity index (χ0n) is 9.17. The summed E-state index contributed by atoms with van der Waals surface area (Å²) in [7, 11) is 2.02. The second-order valence-corrected chi connectivity index (χ2v) is 4.03. The Morgan fingerprint density at radius 2 is 1.88 bits per heavy atom. The van der Waals surface area contributed by atoms with Crippen molar-refractivity contribution in [3.05, 3.63) is 42.5 Å². The van der Waals surface area contributed by atoms with E-state index in [4.69, 9.17) is 0 Å². The number of nitrogens with zero attached hydrogens (tertiary/aromatic N) is 3. The van der Waals surface area contributed by atoms with E-state index < -0.39 is 0 Å². The molecular weight excluding hydrogens is 198 g/mol. The maximum atomic E-state index is 4.37. The Morgan fingerprint density at radius 1 is 1.06 bits per heavy atom. The molecule has 0 bridgehead atoms. The Bertz CT molecular complexity index is 542. The highest BCUT2D eigenvalue weighted by Gasteiger charge is 2.13. The van der Waals surface area contributed by atoms with Crippen LogP contribution in [0.5, 0.6) is 0 Å². The highest BCUT2D eigenvalue weighted by molar-refractivity contribution is 5.94. The summed E-state index contributed by atoms with van der Waals surface area (Å²) in [5.41, 5.74) is 1.17. The third-order valence-electron chi connectivity index (χ3n) is 2.79. The van der Waals surface area contributed by atoms with Crippen LogP contribution in [-0.2, 0) is 0 Å². The molecule has 3 heteroatoms. The van der Waals surface area contributed by atoms with Crippen LogP contribution in [0.1, 0.15) is 0 Å². The van der Waals surface area contributed by atoms with Crippen molar-refractivity contribution in [3.63, 3.8) is 0 Å². The van der Waals surface area contributed by atoms with Crippen molar-refractivity contribution in [2.45, 2.75) is 0 Å². The van der Waals surface area contributed by atoms with E-state index >= 15 is 0 Å². The quantitative estimate of drug-likeness (QED) is 0.721. The number of fused-ring (bicyclic) bond motifs is 1. The number of hydrazone groups is 1. The molecule has 0 saturated heterocycles. The lowest BCUT2D eigenvalue weighted by molar-refractivity contribution is 0.550. The second-order valence-electron chi connectivity index (χ2n) is 4.03. The minimum absolute atomic E-state index is 0.813. The molecule has 0 radical (unpaired) electrons. The fourth-order valence-electron chi connectivity index (χ4n) is 2.01. The molecule has 0 aliphatic carbocycles. The van der Waals surface area contributed by atoms with Gasteiger partial charge in [-0.2, -0.15) is 5.10 Å². The SMILES string of the molecule is CN1C=NN(c2cccc3ccccc23)C1. The maximum absolute atomic E-state index is 4.37. The van der Waals surface area contributed by atoms with Crippen LogP contribution in [0.25, 0.3) is 10.8 Å². The summed E-state index contributed by atoms with van der Waals surface area (Å²) in [4.78, 5) is 2.06. The van der Waals surface area contributed by atoms with Crippen LogP contribution in [-0.4, -0.2) is 25.0 Å². The van der Waals surface area contributed by atoms with E-state index in [2.05, 4.69) is 52.5 Å². The van der Waals surface area contributed by atoms with Gasteiger partial charge in [-0.15, -0.1) is 0 Å². The monoisotopic (exact) mass is 211 g/mol. The summed E-state index contributed by atoms with van der Waals surface area (Å²) in [5.74, 6) is 0. The average molecular weight is 211 g/mol. The highest BCUT2D eigenvalue weighted by Crippen LogP contribution is 2.27. The molecule has 3 nitrogen and oxygen atoms in total. The van der Waals surface area contributed by atoms with Gasteiger partial charge in [0.15, 0.2) is 0 Å². The third kappa shape index (κ3) is 1.41. The zero-order chi connectivity index (χ0) is 11.0. The summed E-state index contributed by atoms with van der Waals surface area (Å²) in [6.07, 6.45) is 1.85. The molecule has 1 aliphatic heterocycles. The fourth-order valence-corrected chi connectivity index (χ4v) is 2.01. The van der Waals surface area contributed by atoms with Crippen LogP contribution in [0.3, 0.4) is 0 Å². The fraction of sp³-hybridized carbons (Fsp3) is 0.154. The van der Waals surface area contributed by atoms with Crippen molar-refractivity contribution in [2.75, 3.05) is 18.7 Å². The van der Waals surface area contributed by atoms with Crippen molar-refractivity contribution in [1.29, 1.82) is 0 Å². The van der Waals surface area contributed by atoms with Crippen LogP contribution in [0.4, 0.5) is 5.69 Å². The first-order valence-electron chi connectivity index (χ1n) is 5.34. The van der Waals surface area contributed by atoms with Gasteiger partial charge in [-0.25, -0.2) is 5.01 Å². The summed E-state index contributed by atoms with van der Waals surface area (Å²) in [6, 6.07) is 14.7. The van der Waals surface area contributed by atoms with E-state index in [1.807, 2.05) is 18.4 Å². The number of hydrogen-bond donors (Lipinski definition) is 0. The van der Waals surface area contributed by atoms with Gasteiger partial charge in [-0.05, 0) is 11.5 Å². The molecule has 0 amide bonds. The lowest BCUT2D eigenvalue weighted by atomic mass is 10.1. The molecule has 80 valence electrons. The maximum Gasteiger partial charge on any atom is 0.113 e. The molecule has 2 aromatic rings. The molecule has 0 aromatic heterocycles. The molecule has 0 atom stereocenters. The molecule has 0 saturated carbocycles. The van der Waals surface area contributed by atoms with Crippen molar-refractivity contribution >= 4 is 22.8 Å². The van der Waals surface area contributed by atoms with E-state index in [-0.39, 0.29) is 0 Å². The Morgan fingerprint density at radius 3 is 2.69 bits per heavy atom. The third-order valence-corrected chi connectivity index (χ3v) is 2.79. The van der Waals surface area contributed by atoms with Crippen LogP contribution in [0.15, 0.2) is 47.6 Å². The van der Waals surface area contributed by atoms with Crippen molar-refractivity contribution in [1.82, 2.24) is 4.90 Å². The molecule has 2 aromatic carbocycles. The Balaban J connectivity index is 2.13. The van der Waals surface area contributed by atoms with Gasteiger partial charge >= 0.3 is 0 Å². The topological polar surface area (TPSA) is 18.8 Å². The predicted octanol–water partition coefficient (Wildman–Crippen LogP) is 2.49. The molecule has 3 rings (SSSR count). The van der Waals surface area contributed by atoms with Gasteiger partial charge in [0.25, 0.3) is 0 Å². The van der Waals surface area contributed by atoms with Gasteiger partial charge in [0, 0.05) is 12.4 Å². The Kier molecular flexibility index (Phi) is 2.03. The first kappa shape index (κ1) is 9.21. The minimum Gasteiger partial charge on any atom is -0.345 e. The average Bonchev–Trinajstić information content (AvgIpc) is 2.75. The molecule has 0 unspecified atom stereocenters. The van der Waals surface area contributed by atoms with Crippen molar-refractivity contribution < 1.29 is 0 Å². The first-order valence-corrected chi connectivity index (χ1v) is 5.34. The van der Waals surface area contributed by atoms with Crippen LogP contribution >= 0.6 is 0 Å². The number of anilines is 1. The molecule has 0 N–H and O–H groups in total. The van der Waals surface area contributed by atoms with Crippen LogP contribution in [0, 0.1) is 0 Å². The molecule has 0 fully saturated rings. The normalized spacial score (nSPS) is 15.1. The van der Waals surface area contributed by atoms with Gasteiger partial charge in [0.1, 0.15) is 13.0 Å². The van der Waals surface area contributed by atoms with Gasteiger partial charge < -0.3 is 4.90 Å².